The van der Waals surface area contributed by atoms with E-state index in [1.165, 1.54) is 5.56 Å². The van der Waals surface area contributed by atoms with Crippen molar-refractivity contribution in [3.05, 3.63) is 99.5 Å². The average Bonchev–Trinajstić information content (AvgIpc) is 2.89. The molecular weight excluding hydrogens is 477 g/mol. The molecule has 0 aliphatic carbocycles. The minimum atomic E-state index is 0.141. The van der Waals surface area contributed by atoms with Gasteiger partial charge < -0.3 is 9.80 Å². The summed E-state index contributed by atoms with van der Waals surface area (Å²) in [6.07, 6.45) is 1.99. The van der Waals surface area contributed by atoms with Crippen molar-refractivity contribution in [3.63, 3.8) is 0 Å². The van der Waals surface area contributed by atoms with Gasteiger partial charge in [-0.25, -0.2) is 0 Å². The first-order chi connectivity index (χ1) is 17.0. The number of piperazine rings is 1. The Labute approximate surface area is 218 Å². The molecule has 2 fully saturated rings. The van der Waals surface area contributed by atoms with Gasteiger partial charge >= 0.3 is 0 Å². The maximum atomic E-state index is 12.9. The van der Waals surface area contributed by atoms with E-state index < -0.39 is 0 Å². The van der Waals surface area contributed by atoms with Crippen LogP contribution in [-0.4, -0.2) is 54.5 Å². The van der Waals surface area contributed by atoms with Gasteiger partial charge in [0, 0.05) is 49.4 Å². The number of likely N-dealkylation sites (tertiary alicyclic amines) is 1. The Kier molecular flexibility index (Phi) is 7.33. The van der Waals surface area contributed by atoms with Crippen molar-refractivity contribution in [2.45, 2.75) is 31.8 Å². The molecule has 3 aromatic rings. The van der Waals surface area contributed by atoms with Crippen molar-refractivity contribution >= 4 is 34.8 Å². The van der Waals surface area contributed by atoms with Gasteiger partial charge in [-0.2, -0.15) is 0 Å². The lowest BCUT2D eigenvalue weighted by Crippen LogP contribution is -2.55. The lowest BCUT2D eigenvalue weighted by atomic mass is 9.96. The Hall–Kier alpha value is -2.53. The van der Waals surface area contributed by atoms with Crippen molar-refractivity contribution < 1.29 is 4.79 Å². The minimum absolute atomic E-state index is 0.141. The van der Waals surface area contributed by atoms with Crippen molar-refractivity contribution in [1.82, 2.24) is 9.80 Å². The summed E-state index contributed by atoms with van der Waals surface area (Å²) < 4.78 is 0. The quantitative estimate of drug-likeness (QED) is 0.404. The molecule has 3 aromatic carbocycles. The summed E-state index contributed by atoms with van der Waals surface area (Å²) >= 11 is 12.9. The van der Waals surface area contributed by atoms with Gasteiger partial charge in [-0.3, -0.25) is 9.69 Å². The van der Waals surface area contributed by atoms with Gasteiger partial charge in [0.05, 0.1) is 16.8 Å². The highest BCUT2D eigenvalue weighted by Gasteiger charge is 2.35. The topological polar surface area (TPSA) is 26.8 Å². The van der Waals surface area contributed by atoms with Crippen LogP contribution in [0, 0.1) is 6.92 Å². The number of benzene rings is 3. The number of hydrogen-bond donors (Lipinski definition) is 0. The van der Waals surface area contributed by atoms with E-state index in [-0.39, 0.29) is 11.9 Å². The number of carbonyl (C=O) groups is 1. The molecule has 6 heteroatoms. The molecule has 2 aliphatic rings. The Morgan fingerprint density at radius 1 is 0.857 bits per heavy atom. The average molecular weight is 508 g/mol. The summed E-state index contributed by atoms with van der Waals surface area (Å²) in [6, 6.07) is 24.8. The van der Waals surface area contributed by atoms with Crippen molar-refractivity contribution in [2.75, 3.05) is 37.6 Å². The monoisotopic (exact) mass is 507 g/mol. The van der Waals surface area contributed by atoms with Crippen LogP contribution in [0.3, 0.4) is 0 Å². The van der Waals surface area contributed by atoms with Gasteiger partial charge in [-0.05, 0) is 67.3 Å². The molecule has 2 heterocycles. The first-order valence-corrected chi connectivity index (χ1v) is 13.1. The summed E-state index contributed by atoms with van der Waals surface area (Å²) in [5, 5.41) is 1.54. The summed E-state index contributed by atoms with van der Waals surface area (Å²) in [5.41, 5.74) is 4.27. The number of hydrogen-bond acceptors (Lipinski definition) is 3. The van der Waals surface area contributed by atoms with E-state index in [1.807, 2.05) is 53.4 Å². The zero-order valence-electron chi connectivity index (χ0n) is 20.0. The van der Waals surface area contributed by atoms with Gasteiger partial charge in [0.1, 0.15) is 0 Å². The Morgan fingerprint density at radius 3 is 2.26 bits per heavy atom. The third kappa shape index (κ3) is 5.35. The van der Waals surface area contributed by atoms with Gasteiger partial charge in [-0.15, -0.1) is 0 Å². The Bertz CT molecular complexity index is 1160. The van der Waals surface area contributed by atoms with Crippen molar-refractivity contribution in [3.8, 4) is 0 Å². The highest BCUT2D eigenvalue weighted by Crippen LogP contribution is 2.37. The molecule has 2 aliphatic heterocycles. The predicted octanol–water partition coefficient (Wildman–Crippen LogP) is 6.47. The largest absolute Gasteiger partial charge is 0.361 e. The number of nitrogens with zero attached hydrogens (tertiary/aromatic N) is 3. The molecule has 0 N–H and O–H groups in total. The molecule has 0 spiro atoms. The molecule has 0 bridgehead atoms. The predicted molar refractivity (Wildman–Crippen MR) is 145 cm³/mol. The third-order valence-electron chi connectivity index (χ3n) is 7.37. The summed E-state index contributed by atoms with van der Waals surface area (Å²) in [6.45, 7) is 6.47. The molecule has 2 saturated heterocycles. The second-order valence-corrected chi connectivity index (χ2v) is 10.4. The van der Waals surface area contributed by atoms with Crippen LogP contribution in [-0.2, 0) is 0 Å². The lowest BCUT2D eigenvalue weighted by Gasteiger charge is -2.47. The zero-order chi connectivity index (χ0) is 24.4. The second kappa shape index (κ2) is 10.6. The number of aryl methyl sites for hydroxylation is 1. The van der Waals surface area contributed by atoms with Crippen LogP contribution in [0.25, 0.3) is 0 Å². The molecule has 5 rings (SSSR count). The maximum Gasteiger partial charge on any atom is 0.253 e. The van der Waals surface area contributed by atoms with Crippen molar-refractivity contribution in [1.29, 1.82) is 0 Å². The number of carbonyl (C=O) groups excluding carboxylic acids is 1. The number of halogens is 2. The van der Waals surface area contributed by atoms with Gasteiger partial charge in [0.2, 0.25) is 0 Å². The van der Waals surface area contributed by atoms with Crippen LogP contribution in [0.4, 0.5) is 5.69 Å². The smallest absolute Gasteiger partial charge is 0.253 e. The zero-order valence-corrected chi connectivity index (χ0v) is 21.6. The molecule has 1 amide bonds. The first kappa shape index (κ1) is 24.2. The maximum absolute atomic E-state index is 12.9. The first-order valence-electron chi connectivity index (χ1n) is 12.4. The normalized spacial score (nSPS) is 19.7. The fourth-order valence-corrected chi connectivity index (χ4v) is 5.91. The highest BCUT2D eigenvalue weighted by atomic mass is 35.5. The summed E-state index contributed by atoms with van der Waals surface area (Å²) in [4.78, 5) is 19.9. The molecule has 1 unspecified atom stereocenters. The molecule has 35 heavy (non-hydrogen) atoms. The van der Waals surface area contributed by atoms with E-state index in [4.69, 9.17) is 23.2 Å². The fourth-order valence-electron chi connectivity index (χ4n) is 5.44. The summed E-state index contributed by atoms with van der Waals surface area (Å²) in [5.74, 6) is 0.141. The number of amides is 1. The minimum Gasteiger partial charge on any atom is -0.361 e. The molecule has 0 aromatic heterocycles. The van der Waals surface area contributed by atoms with E-state index in [2.05, 4.69) is 41.0 Å². The SMILES string of the molecule is Cc1ccc(N2CCN(C3CCN(C(=O)c4ccccc4)CC3)CC2c2ccc(Cl)cc2)c(Cl)c1. The molecule has 182 valence electrons. The summed E-state index contributed by atoms with van der Waals surface area (Å²) in [7, 11) is 0. The second-order valence-electron chi connectivity index (χ2n) is 9.60. The van der Waals surface area contributed by atoms with Crippen LogP contribution in [0.2, 0.25) is 10.0 Å². The van der Waals surface area contributed by atoms with E-state index in [0.29, 0.717) is 6.04 Å². The number of piperidine rings is 1. The van der Waals surface area contributed by atoms with Crippen LogP contribution < -0.4 is 4.90 Å². The standard InChI is InChI=1S/C29H31Cl2N3O/c1-21-7-12-27(26(31)19-21)34-18-17-33(20-28(34)22-8-10-24(30)11-9-22)25-13-15-32(16-14-25)29(35)23-5-3-2-4-6-23/h2-12,19,25,28H,13-18,20H2,1H3. The molecule has 4 nitrogen and oxygen atoms in total. The van der Waals surface area contributed by atoms with E-state index in [0.717, 1.165) is 72.4 Å². The lowest BCUT2D eigenvalue weighted by molar-refractivity contribution is 0.0587. The van der Waals surface area contributed by atoms with Crippen LogP contribution >= 0.6 is 23.2 Å². The van der Waals surface area contributed by atoms with Gasteiger partial charge in [-0.1, -0.05) is 59.6 Å². The molecule has 1 atom stereocenters. The van der Waals surface area contributed by atoms with Crippen LogP contribution in [0.15, 0.2) is 72.8 Å². The van der Waals surface area contributed by atoms with Crippen LogP contribution in [0.5, 0.6) is 0 Å². The number of rotatable bonds is 4. The van der Waals surface area contributed by atoms with E-state index >= 15 is 0 Å². The van der Waals surface area contributed by atoms with Crippen LogP contribution in [0.1, 0.15) is 40.4 Å². The number of anilines is 1. The van der Waals surface area contributed by atoms with Crippen molar-refractivity contribution in [2.24, 2.45) is 0 Å². The van der Waals surface area contributed by atoms with E-state index in [1.54, 1.807) is 0 Å². The van der Waals surface area contributed by atoms with E-state index in [9.17, 15) is 4.79 Å². The Balaban J connectivity index is 1.31. The molecule has 0 radical (unpaired) electrons. The fraction of sp³-hybridized carbons (Fsp3) is 0.345. The molecule has 0 saturated carbocycles. The highest BCUT2D eigenvalue weighted by molar-refractivity contribution is 6.33. The third-order valence-corrected chi connectivity index (χ3v) is 7.92. The van der Waals surface area contributed by atoms with Gasteiger partial charge in [0.15, 0.2) is 0 Å². The molecular formula is C29H31Cl2N3O. The Morgan fingerprint density at radius 2 is 1.57 bits per heavy atom. The van der Waals surface area contributed by atoms with Gasteiger partial charge in [0.25, 0.3) is 5.91 Å².